The lowest BCUT2D eigenvalue weighted by molar-refractivity contribution is 0.0770. The van der Waals surface area contributed by atoms with E-state index in [0.29, 0.717) is 52.8 Å². The maximum atomic E-state index is 13.1. The predicted molar refractivity (Wildman–Crippen MR) is 176 cm³/mol. The summed E-state index contributed by atoms with van der Waals surface area (Å²) >= 11 is -0.859. The van der Waals surface area contributed by atoms with E-state index in [1.165, 1.54) is 4.57 Å². The molecule has 9 nitrogen and oxygen atoms in total. The van der Waals surface area contributed by atoms with Crippen LogP contribution in [-0.2, 0) is 23.6 Å². The number of nitrogens with zero attached hydrogens (tertiary/aromatic N) is 3. The van der Waals surface area contributed by atoms with Crippen molar-refractivity contribution < 1.29 is 14.1 Å². The van der Waals surface area contributed by atoms with Gasteiger partial charge in [0.15, 0.2) is 5.82 Å². The topological polar surface area (TPSA) is 119 Å². The van der Waals surface area contributed by atoms with E-state index in [1.807, 2.05) is 49.4 Å². The molecule has 2 heterocycles. The summed E-state index contributed by atoms with van der Waals surface area (Å²) < 4.78 is 13.1. The molecule has 1 aliphatic rings. The molecule has 4 aromatic rings. The highest BCUT2D eigenvalue weighted by Crippen LogP contribution is 2.29. The van der Waals surface area contributed by atoms with E-state index in [-0.39, 0.29) is 28.6 Å². The Morgan fingerprint density at radius 2 is 1.57 bits per heavy atom. The van der Waals surface area contributed by atoms with Crippen LogP contribution in [0, 0.1) is 6.92 Å². The summed E-state index contributed by atoms with van der Waals surface area (Å²) in [6.45, 7) is 9.26. The molecule has 0 radical (unpaired) electrons. The lowest BCUT2D eigenvalue weighted by Gasteiger charge is -2.28. The van der Waals surface area contributed by atoms with Crippen molar-refractivity contribution in [2.24, 2.45) is 7.05 Å². The maximum Gasteiger partial charge on any atom is 0.293 e. The predicted octanol–water partition coefficient (Wildman–Crippen LogP) is 5.25. The van der Waals surface area contributed by atoms with E-state index in [4.69, 9.17) is 0 Å². The Bertz CT molecular complexity index is 1740. The van der Waals surface area contributed by atoms with Gasteiger partial charge in [0.25, 0.3) is 17.4 Å². The Morgan fingerprint density at radius 1 is 0.932 bits per heavy atom. The average molecular weight is 612 g/mol. The number of carbonyl (C=O) groups is 2. The van der Waals surface area contributed by atoms with Crippen LogP contribution in [0.3, 0.4) is 0 Å². The van der Waals surface area contributed by atoms with E-state index in [1.54, 1.807) is 42.4 Å². The van der Waals surface area contributed by atoms with E-state index in [2.05, 4.69) is 36.4 Å². The van der Waals surface area contributed by atoms with Crippen molar-refractivity contribution >= 4 is 40.2 Å². The van der Waals surface area contributed by atoms with Crippen molar-refractivity contribution in [1.82, 2.24) is 14.5 Å². The highest BCUT2D eigenvalue weighted by Gasteiger charge is 2.24. The summed E-state index contributed by atoms with van der Waals surface area (Å²) in [4.78, 5) is 45.3. The number of hydrogen-bond acceptors (Lipinski definition) is 6. The number of anilines is 3. The lowest BCUT2D eigenvalue weighted by Crippen LogP contribution is -2.43. The number of aromatic nitrogens is 2. The summed E-state index contributed by atoms with van der Waals surface area (Å²) in [5.74, 6) is 0.816. The monoisotopic (exact) mass is 611 g/mol. The summed E-state index contributed by atoms with van der Waals surface area (Å²) in [7, 11) is 1.66. The van der Waals surface area contributed by atoms with Crippen LogP contribution in [0.25, 0.3) is 11.3 Å². The Kier molecular flexibility index (Phi) is 8.94. The average Bonchev–Trinajstić information content (AvgIpc) is 3.00. The molecule has 1 fully saturated rings. The van der Waals surface area contributed by atoms with Crippen molar-refractivity contribution in [3.63, 3.8) is 0 Å². The molecule has 10 heteroatoms. The quantitative estimate of drug-likeness (QED) is 0.288. The van der Waals surface area contributed by atoms with Crippen molar-refractivity contribution in [2.45, 2.75) is 33.1 Å². The van der Waals surface area contributed by atoms with E-state index in [0.717, 1.165) is 16.7 Å². The molecule has 0 spiro atoms. The van der Waals surface area contributed by atoms with E-state index < -0.39 is 11.2 Å². The Balaban J connectivity index is 1.34. The third-order valence-corrected chi connectivity index (χ3v) is 9.08. The van der Waals surface area contributed by atoms with Gasteiger partial charge in [-0.15, -0.1) is 0 Å². The minimum atomic E-state index is -0.859. The first kappa shape index (κ1) is 31.0. The van der Waals surface area contributed by atoms with Crippen LogP contribution >= 0.6 is 0 Å². The van der Waals surface area contributed by atoms with Gasteiger partial charge in [-0.1, -0.05) is 56.2 Å². The first-order valence-electron chi connectivity index (χ1n) is 14.5. The van der Waals surface area contributed by atoms with E-state index in [9.17, 15) is 18.9 Å². The number of nitrogens with one attached hydrogen (secondary N) is 2. The smallest absolute Gasteiger partial charge is 0.293 e. The SMILES string of the molecule is Cc1c(NC(=O)c2ccc(C(C)(C)C)cc2)cccc1-c1cn(C)c(=O)c(Nc2ccc(C(=O)N3CC[S+]([O-])CC3)cc2)n1. The first-order valence-corrected chi connectivity index (χ1v) is 16.0. The summed E-state index contributed by atoms with van der Waals surface area (Å²) in [5.41, 5.74) is 5.34. The van der Waals surface area contributed by atoms with Gasteiger partial charge in [-0.25, -0.2) is 4.98 Å². The zero-order valence-corrected chi connectivity index (χ0v) is 26.5. The number of amides is 2. The molecule has 1 aromatic heterocycles. The molecule has 1 saturated heterocycles. The molecular formula is C34H37N5O4S. The van der Waals surface area contributed by atoms with Crippen molar-refractivity contribution in [3.8, 4) is 11.3 Å². The van der Waals surface area contributed by atoms with Gasteiger partial charge in [-0.05, 0) is 65.9 Å². The fourth-order valence-electron chi connectivity index (χ4n) is 5.04. The molecule has 2 N–H and O–H groups in total. The third-order valence-electron chi connectivity index (χ3n) is 7.80. The molecule has 1 aliphatic heterocycles. The maximum absolute atomic E-state index is 13.1. The number of hydrogen-bond donors (Lipinski definition) is 2. The van der Waals surface area contributed by atoms with Crippen molar-refractivity contribution in [3.05, 3.63) is 106 Å². The van der Waals surface area contributed by atoms with E-state index >= 15 is 0 Å². The lowest BCUT2D eigenvalue weighted by atomic mass is 9.86. The standard InChI is InChI=1S/C34H37N5O4S/c1-22-27(7-6-8-28(22)37-31(40)23-9-13-25(14-10-23)34(2,3)4)29-21-38(5)33(42)30(36-29)35-26-15-11-24(12-16-26)32(41)39-17-19-44(43)20-18-39/h6-16,21H,17-20H2,1-5H3,(H,35,36)(H,37,40). The zero-order valence-electron chi connectivity index (χ0n) is 25.6. The molecule has 44 heavy (non-hydrogen) atoms. The van der Waals surface area contributed by atoms with Crippen LogP contribution in [0.1, 0.15) is 52.6 Å². The summed E-state index contributed by atoms with van der Waals surface area (Å²) in [5, 5.41) is 6.12. The van der Waals surface area contributed by atoms with Gasteiger partial charge in [0.05, 0.1) is 18.8 Å². The number of carbonyl (C=O) groups excluding carboxylic acids is 2. The third kappa shape index (κ3) is 6.87. The van der Waals surface area contributed by atoms with Crippen LogP contribution < -0.4 is 16.2 Å². The highest BCUT2D eigenvalue weighted by molar-refractivity contribution is 7.91. The Morgan fingerprint density at radius 3 is 2.20 bits per heavy atom. The van der Waals surface area contributed by atoms with Gasteiger partial charge in [0.1, 0.15) is 11.5 Å². The molecule has 0 saturated carbocycles. The Labute approximate surface area is 260 Å². The number of rotatable bonds is 6. The molecule has 0 atom stereocenters. The second-order valence-corrected chi connectivity index (χ2v) is 13.7. The molecule has 0 bridgehead atoms. The largest absolute Gasteiger partial charge is 0.616 e. The van der Waals surface area contributed by atoms with Gasteiger partial charge < -0.3 is 24.7 Å². The Hall–Kier alpha value is -4.41. The fraction of sp³-hybridized carbons (Fsp3) is 0.294. The van der Waals surface area contributed by atoms with Crippen LogP contribution in [0.15, 0.2) is 77.7 Å². The van der Waals surface area contributed by atoms with Gasteiger partial charge in [-0.3, -0.25) is 14.4 Å². The van der Waals surface area contributed by atoms with Crippen LogP contribution in [0.5, 0.6) is 0 Å². The van der Waals surface area contributed by atoms with Crippen LogP contribution in [0.4, 0.5) is 17.2 Å². The minimum Gasteiger partial charge on any atom is -0.616 e. The summed E-state index contributed by atoms with van der Waals surface area (Å²) in [6, 6.07) is 20.1. The van der Waals surface area contributed by atoms with Gasteiger partial charge in [0, 0.05) is 41.3 Å². The van der Waals surface area contributed by atoms with Crippen molar-refractivity contribution in [1.29, 1.82) is 0 Å². The molecule has 2 amide bonds. The normalized spacial score (nSPS) is 13.9. The van der Waals surface area contributed by atoms with Crippen LogP contribution in [0.2, 0.25) is 0 Å². The molecule has 5 rings (SSSR count). The van der Waals surface area contributed by atoms with Gasteiger partial charge in [0.2, 0.25) is 0 Å². The molecular weight excluding hydrogens is 574 g/mol. The molecule has 0 unspecified atom stereocenters. The van der Waals surface area contributed by atoms with Crippen LogP contribution in [-0.4, -0.2) is 55.4 Å². The van der Waals surface area contributed by atoms with Gasteiger partial charge >= 0.3 is 0 Å². The second kappa shape index (κ2) is 12.7. The second-order valence-electron chi connectivity index (χ2n) is 12.0. The zero-order chi connectivity index (χ0) is 31.6. The first-order chi connectivity index (χ1) is 20.9. The highest BCUT2D eigenvalue weighted by atomic mass is 32.2. The molecule has 228 valence electrons. The number of aryl methyl sites for hydroxylation is 1. The molecule has 0 aliphatic carbocycles. The fourth-order valence-corrected chi connectivity index (χ4v) is 6.09. The summed E-state index contributed by atoms with van der Waals surface area (Å²) in [6.07, 6.45) is 1.67. The molecule has 3 aromatic carbocycles. The number of benzene rings is 3. The minimum absolute atomic E-state index is 0.00374. The van der Waals surface area contributed by atoms with Crippen molar-refractivity contribution in [2.75, 3.05) is 35.2 Å². The van der Waals surface area contributed by atoms with Gasteiger partial charge in [-0.2, -0.15) is 0 Å².